The number of halogens is 1. The number of hydrogen-bond donors (Lipinski definition) is 1. The van der Waals surface area contributed by atoms with Crippen molar-refractivity contribution >= 4 is 11.6 Å². The average molecular weight is 442 g/mol. The van der Waals surface area contributed by atoms with E-state index in [4.69, 9.17) is 0 Å². The molecule has 0 radical (unpaired) electrons. The normalized spacial score (nSPS) is 13.5. The molecule has 33 heavy (non-hydrogen) atoms. The van der Waals surface area contributed by atoms with Crippen LogP contribution in [-0.2, 0) is 19.5 Å². The Balaban J connectivity index is 1.38. The molecule has 0 saturated carbocycles. The highest BCUT2D eigenvalue weighted by atomic mass is 19.1. The summed E-state index contributed by atoms with van der Waals surface area (Å²) >= 11 is 0. The largest absolute Gasteiger partial charge is 0.318 e. The molecule has 7 nitrogen and oxygen atoms in total. The van der Waals surface area contributed by atoms with Crippen molar-refractivity contribution in [3.63, 3.8) is 0 Å². The topological polar surface area (TPSA) is 75.9 Å². The summed E-state index contributed by atoms with van der Waals surface area (Å²) in [7, 11) is 0. The number of para-hydroxylation sites is 1. The quantitative estimate of drug-likeness (QED) is 0.507. The predicted octanol–water partition coefficient (Wildman–Crippen LogP) is 3.92. The lowest BCUT2D eigenvalue weighted by molar-refractivity contribution is 0.102. The molecule has 1 N–H and O–H groups in total. The lowest BCUT2D eigenvalue weighted by atomic mass is 9.97. The maximum absolute atomic E-state index is 13.9. The van der Waals surface area contributed by atoms with Gasteiger partial charge in [-0.1, -0.05) is 29.5 Å². The van der Waals surface area contributed by atoms with Gasteiger partial charge in [-0.3, -0.25) is 14.7 Å². The Labute approximate surface area is 190 Å². The van der Waals surface area contributed by atoms with Gasteiger partial charge in [-0.2, -0.15) is 0 Å². The van der Waals surface area contributed by atoms with Gasteiger partial charge in [0, 0.05) is 32.0 Å². The van der Waals surface area contributed by atoms with Crippen LogP contribution < -0.4 is 5.32 Å². The first-order valence-electron chi connectivity index (χ1n) is 10.8. The van der Waals surface area contributed by atoms with E-state index in [0.29, 0.717) is 5.69 Å². The zero-order valence-corrected chi connectivity index (χ0v) is 18.2. The summed E-state index contributed by atoms with van der Waals surface area (Å²) in [6, 6.07) is 16.3. The van der Waals surface area contributed by atoms with Gasteiger partial charge in [-0.15, -0.1) is 5.10 Å². The van der Waals surface area contributed by atoms with E-state index >= 15 is 0 Å². The molecule has 8 heteroatoms. The standard InChI is InChI=1S/C25H23FN6O/c1-17-24(25(33)28-22-7-3-2-6-21(22)26)29-30-32(17)23-8-4-5-19-16-31(14-11-20(19)23)15-18-9-12-27-13-10-18/h2-10,12-13H,11,14-16H2,1H3,(H,28,33). The first kappa shape index (κ1) is 21.0. The SMILES string of the molecule is Cc1c(C(=O)Nc2ccccc2F)nnn1-c1cccc2c1CCN(Cc1ccncc1)C2. The van der Waals surface area contributed by atoms with Crippen molar-refractivity contribution in [2.24, 2.45) is 0 Å². The number of pyridine rings is 1. The Morgan fingerprint density at radius 2 is 1.91 bits per heavy atom. The summed E-state index contributed by atoms with van der Waals surface area (Å²) in [5, 5.41) is 10.9. The predicted molar refractivity (Wildman–Crippen MR) is 123 cm³/mol. The minimum Gasteiger partial charge on any atom is -0.318 e. The van der Waals surface area contributed by atoms with Crippen LogP contribution in [0.4, 0.5) is 10.1 Å². The molecule has 0 spiro atoms. The first-order chi connectivity index (χ1) is 16.1. The molecule has 2 aromatic heterocycles. The zero-order valence-electron chi connectivity index (χ0n) is 18.2. The minimum absolute atomic E-state index is 0.114. The number of anilines is 1. The Kier molecular flexibility index (Phi) is 5.66. The van der Waals surface area contributed by atoms with Gasteiger partial charge in [0.2, 0.25) is 0 Å². The number of rotatable bonds is 5. The van der Waals surface area contributed by atoms with E-state index in [1.54, 1.807) is 23.7 Å². The number of nitrogens with one attached hydrogen (secondary N) is 1. The van der Waals surface area contributed by atoms with E-state index < -0.39 is 11.7 Å². The maximum atomic E-state index is 13.9. The molecule has 0 fully saturated rings. The molecule has 166 valence electrons. The van der Waals surface area contributed by atoms with Crippen LogP contribution in [0.25, 0.3) is 5.69 Å². The van der Waals surface area contributed by atoms with Crippen molar-refractivity contribution in [1.29, 1.82) is 0 Å². The number of nitrogens with zero attached hydrogens (tertiary/aromatic N) is 5. The van der Waals surface area contributed by atoms with E-state index in [0.717, 1.165) is 31.7 Å². The van der Waals surface area contributed by atoms with Crippen LogP contribution in [0.1, 0.15) is 32.9 Å². The van der Waals surface area contributed by atoms with Crippen molar-refractivity contribution < 1.29 is 9.18 Å². The summed E-state index contributed by atoms with van der Waals surface area (Å²) in [5.74, 6) is -0.985. The van der Waals surface area contributed by atoms with Crippen LogP contribution in [0.2, 0.25) is 0 Å². The van der Waals surface area contributed by atoms with E-state index in [9.17, 15) is 9.18 Å². The highest BCUT2D eigenvalue weighted by molar-refractivity contribution is 6.03. The van der Waals surface area contributed by atoms with Crippen molar-refractivity contribution in [2.75, 3.05) is 11.9 Å². The molecule has 0 aliphatic carbocycles. The van der Waals surface area contributed by atoms with E-state index in [1.807, 2.05) is 36.7 Å². The third kappa shape index (κ3) is 4.25. The highest BCUT2D eigenvalue weighted by Gasteiger charge is 2.23. The van der Waals surface area contributed by atoms with Gasteiger partial charge in [0.25, 0.3) is 5.91 Å². The smallest absolute Gasteiger partial charge is 0.278 e. The fourth-order valence-electron chi connectivity index (χ4n) is 4.24. The Bertz CT molecular complexity index is 1300. The van der Waals surface area contributed by atoms with Gasteiger partial charge >= 0.3 is 0 Å². The Morgan fingerprint density at radius 1 is 1.09 bits per heavy atom. The number of aromatic nitrogens is 4. The molecule has 1 amide bonds. The second kappa shape index (κ2) is 8.91. The molecule has 0 bridgehead atoms. The Morgan fingerprint density at radius 3 is 2.73 bits per heavy atom. The molecule has 0 unspecified atom stereocenters. The fourth-order valence-corrected chi connectivity index (χ4v) is 4.24. The second-order valence-electron chi connectivity index (χ2n) is 8.10. The zero-order chi connectivity index (χ0) is 22.8. The molecule has 5 rings (SSSR count). The maximum Gasteiger partial charge on any atom is 0.278 e. The van der Waals surface area contributed by atoms with Gasteiger partial charge in [0.05, 0.1) is 17.1 Å². The van der Waals surface area contributed by atoms with E-state index in [1.165, 1.54) is 28.8 Å². The number of carbonyl (C=O) groups excluding carboxylic acids is 1. The minimum atomic E-state index is -0.496. The summed E-state index contributed by atoms with van der Waals surface area (Å²) in [4.78, 5) is 19.2. The molecular formula is C25H23FN6O. The molecule has 1 aliphatic heterocycles. The molecule has 0 atom stereocenters. The number of benzene rings is 2. The molecule has 3 heterocycles. The van der Waals surface area contributed by atoms with Crippen LogP contribution in [0.5, 0.6) is 0 Å². The number of fused-ring (bicyclic) bond motifs is 1. The second-order valence-corrected chi connectivity index (χ2v) is 8.10. The van der Waals surface area contributed by atoms with Gasteiger partial charge in [-0.05, 0) is 60.4 Å². The average Bonchev–Trinajstić information content (AvgIpc) is 3.22. The van der Waals surface area contributed by atoms with E-state index in [-0.39, 0.29) is 11.4 Å². The molecule has 2 aromatic carbocycles. The first-order valence-corrected chi connectivity index (χ1v) is 10.8. The van der Waals surface area contributed by atoms with Crippen molar-refractivity contribution in [3.05, 3.63) is 101 Å². The van der Waals surface area contributed by atoms with Gasteiger partial charge in [0.1, 0.15) is 5.82 Å². The summed E-state index contributed by atoms with van der Waals surface area (Å²) in [5.41, 5.74) is 5.50. The number of amides is 1. The van der Waals surface area contributed by atoms with Crippen molar-refractivity contribution in [3.8, 4) is 5.69 Å². The molecular weight excluding hydrogens is 419 g/mol. The molecule has 4 aromatic rings. The highest BCUT2D eigenvalue weighted by Crippen LogP contribution is 2.27. The molecule has 1 aliphatic rings. The monoisotopic (exact) mass is 442 g/mol. The third-order valence-corrected chi connectivity index (χ3v) is 5.94. The van der Waals surface area contributed by atoms with Crippen LogP contribution in [0, 0.1) is 12.7 Å². The van der Waals surface area contributed by atoms with Crippen LogP contribution in [0.15, 0.2) is 67.0 Å². The van der Waals surface area contributed by atoms with Gasteiger partial charge in [-0.25, -0.2) is 9.07 Å². The van der Waals surface area contributed by atoms with Gasteiger partial charge < -0.3 is 5.32 Å². The lowest BCUT2D eigenvalue weighted by Gasteiger charge is -2.30. The number of hydrogen-bond acceptors (Lipinski definition) is 5. The fraction of sp³-hybridized carbons (Fsp3) is 0.200. The van der Waals surface area contributed by atoms with E-state index in [2.05, 4.69) is 31.6 Å². The third-order valence-electron chi connectivity index (χ3n) is 5.94. The Hall–Kier alpha value is -3.91. The van der Waals surface area contributed by atoms with Crippen LogP contribution in [-0.4, -0.2) is 37.3 Å². The molecule has 0 saturated heterocycles. The van der Waals surface area contributed by atoms with Gasteiger partial charge in [0.15, 0.2) is 5.69 Å². The van der Waals surface area contributed by atoms with Crippen molar-refractivity contribution in [1.82, 2.24) is 24.9 Å². The lowest BCUT2D eigenvalue weighted by Crippen LogP contribution is -2.30. The summed E-state index contributed by atoms with van der Waals surface area (Å²) in [6.07, 6.45) is 4.50. The number of carbonyl (C=O) groups is 1. The van der Waals surface area contributed by atoms with Crippen molar-refractivity contribution in [2.45, 2.75) is 26.4 Å². The van der Waals surface area contributed by atoms with Crippen LogP contribution in [0.3, 0.4) is 0 Å². The van der Waals surface area contributed by atoms with Crippen LogP contribution >= 0.6 is 0 Å². The summed E-state index contributed by atoms with van der Waals surface area (Å²) in [6.45, 7) is 4.42. The summed E-state index contributed by atoms with van der Waals surface area (Å²) < 4.78 is 15.6.